The third kappa shape index (κ3) is 2.98. The van der Waals surface area contributed by atoms with Gasteiger partial charge in [-0.2, -0.15) is 0 Å². The van der Waals surface area contributed by atoms with Crippen LogP contribution in [-0.4, -0.2) is 48.8 Å². The third-order valence-corrected chi connectivity index (χ3v) is 5.84. The molecule has 1 aromatic carbocycles. The van der Waals surface area contributed by atoms with E-state index in [4.69, 9.17) is 9.47 Å². The molecule has 4 rings (SSSR count). The van der Waals surface area contributed by atoms with Gasteiger partial charge in [0, 0.05) is 19.6 Å². The smallest absolute Gasteiger partial charge is 0.223 e. The highest BCUT2D eigenvalue weighted by atomic mass is 16.5. The van der Waals surface area contributed by atoms with Crippen LogP contribution < -0.4 is 0 Å². The van der Waals surface area contributed by atoms with Crippen molar-refractivity contribution in [3.05, 3.63) is 35.4 Å². The minimum Gasteiger partial charge on any atom is -0.376 e. The lowest BCUT2D eigenvalue weighted by atomic mass is 10.00. The van der Waals surface area contributed by atoms with E-state index in [1.807, 2.05) is 6.92 Å². The molecule has 2 fully saturated rings. The summed E-state index contributed by atoms with van der Waals surface area (Å²) in [5, 5.41) is 0. The van der Waals surface area contributed by atoms with Gasteiger partial charge in [0.05, 0.1) is 18.8 Å². The number of benzene rings is 1. The highest BCUT2D eigenvalue weighted by Crippen LogP contribution is 2.34. The number of morpholine rings is 1. The van der Waals surface area contributed by atoms with Crippen LogP contribution in [0.5, 0.6) is 0 Å². The summed E-state index contributed by atoms with van der Waals surface area (Å²) in [4.78, 5) is 15.0. The maximum absolute atomic E-state index is 12.9. The number of carbonyl (C=O) groups is 1. The van der Waals surface area contributed by atoms with Crippen molar-refractivity contribution in [1.82, 2.24) is 4.90 Å². The molecular weight excluding hydrogens is 302 g/mol. The minimum absolute atomic E-state index is 0.0726. The molecule has 130 valence electrons. The number of amides is 1. The molecule has 1 saturated heterocycles. The zero-order chi connectivity index (χ0) is 16.5. The van der Waals surface area contributed by atoms with E-state index in [0.717, 1.165) is 32.2 Å². The summed E-state index contributed by atoms with van der Waals surface area (Å²) in [7, 11) is 0. The average Bonchev–Trinajstić information content (AvgIpc) is 3.18. The Morgan fingerprint density at radius 1 is 1.25 bits per heavy atom. The summed E-state index contributed by atoms with van der Waals surface area (Å²) in [5.41, 5.74) is 2.85. The molecule has 2 aliphatic carbocycles. The standard InChI is InChI=1S/C20H27NO3/c1-2-23-18-8-7-17-20(18)24-10-9-21(17)19(22)13-14-11-15-5-3-4-6-16(15)12-14/h3-6,14,17-18,20H,2,7-13H2,1H3/t17-,18-,20+/m0/s1. The van der Waals surface area contributed by atoms with Gasteiger partial charge in [-0.15, -0.1) is 0 Å². The van der Waals surface area contributed by atoms with Crippen molar-refractivity contribution in [2.75, 3.05) is 19.8 Å². The predicted molar refractivity (Wildman–Crippen MR) is 91.8 cm³/mol. The minimum atomic E-state index is 0.0726. The Hall–Kier alpha value is -1.39. The Kier molecular flexibility index (Phi) is 4.59. The van der Waals surface area contributed by atoms with Gasteiger partial charge in [-0.3, -0.25) is 4.79 Å². The maximum atomic E-state index is 12.9. The molecule has 3 atom stereocenters. The highest BCUT2D eigenvalue weighted by molar-refractivity contribution is 5.77. The molecule has 1 saturated carbocycles. The summed E-state index contributed by atoms with van der Waals surface area (Å²) < 4.78 is 11.8. The highest BCUT2D eigenvalue weighted by Gasteiger charge is 2.45. The number of hydrogen-bond donors (Lipinski definition) is 0. The van der Waals surface area contributed by atoms with Crippen LogP contribution in [0.3, 0.4) is 0 Å². The maximum Gasteiger partial charge on any atom is 0.223 e. The molecule has 0 bridgehead atoms. The molecular formula is C20H27NO3. The molecule has 3 aliphatic rings. The summed E-state index contributed by atoms with van der Waals surface area (Å²) in [5.74, 6) is 0.767. The van der Waals surface area contributed by atoms with Gasteiger partial charge < -0.3 is 14.4 Å². The average molecular weight is 329 g/mol. The first-order chi connectivity index (χ1) is 11.8. The van der Waals surface area contributed by atoms with E-state index in [1.54, 1.807) is 0 Å². The lowest BCUT2D eigenvalue weighted by Crippen LogP contribution is -2.54. The first-order valence-corrected chi connectivity index (χ1v) is 9.35. The van der Waals surface area contributed by atoms with Crippen molar-refractivity contribution < 1.29 is 14.3 Å². The fourth-order valence-electron chi connectivity index (χ4n) is 4.78. The molecule has 1 aromatic rings. The molecule has 4 nitrogen and oxygen atoms in total. The predicted octanol–water partition coefficient (Wildman–Crippen LogP) is 2.59. The zero-order valence-electron chi connectivity index (χ0n) is 14.4. The summed E-state index contributed by atoms with van der Waals surface area (Å²) >= 11 is 0. The number of carbonyl (C=O) groups excluding carboxylic acids is 1. The molecule has 1 amide bonds. The number of rotatable bonds is 4. The van der Waals surface area contributed by atoms with Crippen molar-refractivity contribution in [3.8, 4) is 0 Å². The van der Waals surface area contributed by atoms with Gasteiger partial charge in [0.2, 0.25) is 5.91 Å². The van der Waals surface area contributed by atoms with Gasteiger partial charge in [0.15, 0.2) is 0 Å². The molecule has 0 unspecified atom stereocenters. The fraction of sp³-hybridized carbons (Fsp3) is 0.650. The Balaban J connectivity index is 1.38. The van der Waals surface area contributed by atoms with E-state index in [9.17, 15) is 4.79 Å². The van der Waals surface area contributed by atoms with E-state index in [1.165, 1.54) is 11.1 Å². The van der Waals surface area contributed by atoms with Crippen molar-refractivity contribution in [1.29, 1.82) is 0 Å². The van der Waals surface area contributed by atoms with Gasteiger partial charge in [-0.05, 0) is 49.7 Å². The Bertz CT molecular complexity index is 577. The normalized spacial score (nSPS) is 29.5. The molecule has 0 radical (unpaired) electrons. The molecule has 0 aromatic heterocycles. The van der Waals surface area contributed by atoms with Crippen molar-refractivity contribution in [3.63, 3.8) is 0 Å². The molecule has 4 heteroatoms. The van der Waals surface area contributed by atoms with Gasteiger partial charge in [0.25, 0.3) is 0 Å². The van der Waals surface area contributed by atoms with Gasteiger partial charge in [0.1, 0.15) is 6.10 Å². The first-order valence-electron chi connectivity index (χ1n) is 9.35. The van der Waals surface area contributed by atoms with Crippen LogP contribution in [0.1, 0.15) is 37.3 Å². The van der Waals surface area contributed by atoms with Crippen LogP contribution in [0.4, 0.5) is 0 Å². The van der Waals surface area contributed by atoms with Gasteiger partial charge in [-0.25, -0.2) is 0 Å². The fourth-order valence-corrected chi connectivity index (χ4v) is 4.78. The van der Waals surface area contributed by atoms with Crippen molar-refractivity contribution in [2.45, 2.75) is 57.3 Å². The first kappa shape index (κ1) is 16.1. The third-order valence-electron chi connectivity index (χ3n) is 5.84. The summed E-state index contributed by atoms with van der Waals surface area (Å²) in [6.45, 7) is 4.11. The number of ether oxygens (including phenoxy) is 2. The lowest BCUT2D eigenvalue weighted by molar-refractivity contribution is -0.152. The molecule has 0 N–H and O–H groups in total. The second kappa shape index (κ2) is 6.85. The van der Waals surface area contributed by atoms with Crippen LogP contribution in [0.2, 0.25) is 0 Å². The van der Waals surface area contributed by atoms with Gasteiger partial charge in [-0.1, -0.05) is 24.3 Å². The zero-order valence-corrected chi connectivity index (χ0v) is 14.4. The van der Waals surface area contributed by atoms with Crippen molar-refractivity contribution in [2.24, 2.45) is 5.92 Å². The molecule has 24 heavy (non-hydrogen) atoms. The summed E-state index contributed by atoms with van der Waals surface area (Å²) in [6.07, 6.45) is 4.99. The summed E-state index contributed by atoms with van der Waals surface area (Å²) in [6, 6.07) is 8.82. The van der Waals surface area contributed by atoms with E-state index in [2.05, 4.69) is 29.2 Å². The van der Waals surface area contributed by atoms with Crippen LogP contribution in [-0.2, 0) is 27.1 Å². The second-order valence-electron chi connectivity index (χ2n) is 7.31. The largest absolute Gasteiger partial charge is 0.376 e. The Morgan fingerprint density at radius 3 is 2.71 bits per heavy atom. The van der Waals surface area contributed by atoms with E-state index >= 15 is 0 Å². The van der Waals surface area contributed by atoms with Crippen molar-refractivity contribution >= 4 is 5.91 Å². The van der Waals surface area contributed by atoms with Crippen LogP contribution in [0, 0.1) is 5.92 Å². The SMILES string of the molecule is CCO[C@H]1CC[C@H]2[C@H]1OCCN2C(=O)CC1Cc2ccccc2C1. The lowest BCUT2D eigenvalue weighted by Gasteiger charge is -2.39. The van der Waals surface area contributed by atoms with Gasteiger partial charge >= 0.3 is 0 Å². The number of fused-ring (bicyclic) bond motifs is 2. The number of hydrogen-bond acceptors (Lipinski definition) is 3. The van der Waals surface area contributed by atoms with Crippen LogP contribution >= 0.6 is 0 Å². The molecule has 1 aliphatic heterocycles. The molecule has 0 spiro atoms. The topological polar surface area (TPSA) is 38.8 Å². The number of nitrogens with zero attached hydrogens (tertiary/aromatic N) is 1. The monoisotopic (exact) mass is 329 g/mol. The Labute approximate surface area is 144 Å². The quantitative estimate of drug-likeness (QED) is 0.852. The second-order valence-corrected chi connectivity index (χ2v) is 7.31. The molecule has 1 heterocycles. The van der Waals surface area contributed by atoms with Crippen LogP contribution in [0.25, 0.3) is 0 Å². The Morgan fingerprint density at radius 2 is 2.00 bits per heavy atom. The van der Waals surface area contributed by atoms with E-state index in [0.29, 0.717) is 31.5 Å². The van der Waals surface area contributed by atoms with E-state index < -0.39 is 0 Å². The van der Waals surface area contributed by atoms with Crippen LogP contribution in [0.15, 0.2) is 24.3 Å². The van der Waals surface area contributed by atoms with E-state index in [-0.39, 0.29) is 18.2 Å².